The number of methoxy groups -OCH3 is 1. The third-order valence-electron chi connectivity index (χ3n) is 11.0. The molecular weight excluding hydrogens is 715 g/mol. The van der Waals surface area contributed by atoms with Crippen molar-refractivity contribution in [2.24, 2.45) is 17.8 Å². The number of carbonyl (C=O) groups excluding carboxylic acids is 4. The maximum absolute atomic E-state index is 14.7. The number of amides is 4. The van der Waals surface area contributed by atoms with Crippen LogP contribution in [0.2, 0.25) is 0 Å². The minimum Gasteiger partial charge on any atom is -0.494 e. The van der Waals surface area contributed by atoms with Gasteiger partial charge >= 0.3 is 6.09 Å². The molecule has 0 radical (unpaired) electrons. The summed E-state index contributed by atoms with van der Waals surface area (Å²) in [5, 5.41) is 6.52. The summed E-state index contributed by atoms with van der Waals surface area (Å²) in [5.74, 6) is -1.68. The number of nitrogens with one attached hydrogen (secondary N) is 3. The molecule has 2 saturated carbocycles. The zero-order valence-corrected chi connectivity index (χ0v) is 32.7. The van der Waals surface area contributed by atoms with Crippen LogP contribution in [0.3, 0.4) is 0 Å². The van der Waals surface area contributed by atoms with E-state index in [2.05, 4.69) is 27.3 Å². The van der Waals surface area contributed by atoms with Crippen molar-refractivity contribution >= 4 is 44.6 Å². The lowest BCUT2D eigenvalue weighted by Crippen LogP contribution is -2.59. The van der Waals surface area contributed by atoms with Crippen LogP contribution in [-0.2, 0) is 29.1 Å². The number of rotatable bonds is 7. The Balaban J connectivity index is 1.35. The van der Waals surface area contributed by atoms with Crippen molar-refractivity contribution in [1.82, 2.24) is 25.2 Å². The van der Waals surface area contributed by atoms with E-state index in [-0.39, 0.29) is 31.2 Å². The van der Waals surface area contributed by atoms with Crippen LogP contribution in [-0.4, -0.2) is 90.3 Å². The zero-order chi connectivity index (χ0) is 39.0. The van der Waals surface area contributed by atoms with E-state index >= 15 is 0 Å². The Labute approximate surface area is 317 Å². The Morgan fingerprint density at radius 1 is 1.06 bits per heavy atom. The van der Waals surface area contributed by atoms with Crippen molar-refractivity contribution in [3.8, 4) is 11.6 Å². The van der Waals surface area contributed by atoms with Crippen molar-refractivity contribution in [1.29, 1.82) is 0 Å². The molecule has 54 heavy (non-hydrogen) atoms. The first kappa shape index (κ1) is 39.3. The van der Waals surface area contributed by atoms with Crippen LogP contribution in [0.25, 0.3) is 10.8 Å². The highest BCUT2D eigenvalue weighted by Gasteiger charge is 2.62. The number of allylic oxidation sites excluding steroid dienone is 1. The third-order valence-corrected chi connectivity index (χ3v) is 12.9. The summed E-state index contributed by atoms with van der Waals surface area (Å²) >= 11 is 0. The highest BCUT2D eigenvalue weighted by Crippen LogP contribution is 2.46. The number of sulfonamides is 1. The second-order valence-electron chi connectivity index (χ2n) is 16.4. The molecule has 2 aromatic rings. The Morgan fingerprint density at radius 3 is 2.44 bits per heavy atom. The van der Waals surface area contributed by atoms with Crippen molar-refractivity contribution in [3.05, 3.63) is 42.6 Å². The molecule has 1 saturated heterocycles. The molecule has 4 amide bonds. The standard InChI is InChI=1S/C39H53N5O9S/c1-23-12-7-8-13-25-20-39(25,36(47)43-54(49,50)27-14-11-15-27)42-33(45)30-19-26(52-34-29-17-10-9-16-28(29)31(51-6)21-40-34)22-44(30)35(46)32(24(2)18-23)41-37(48)53-38(3,4)5/h8-10,13,16-17,21,23-27,30,32H,7,11-12,14-15,18-20,22H2,1-6H3,(H,41,48)(H,42,45)(H,43,47)/b13-8-/t23-,24+,25?,26+,30-,32-,39+/m0/s1. The van der Waals surface area contributed by atoms with Gasteiger partial charge in [0.2, 0.25) is 27.7 Å². The van der Waals surface area contributed by atoms with Gasteiger partial charge in [0, 0.05) is 23.1 Å². The first-order valence-corrected chi connectivity index (χ1v) is 20.5. The van der Waals surface area contributed by atoms with Gasteiger partial charge in [0.1, 0.15) is 35.1 Å². The smallest absolute Gasteiger partial charge is 0.408 e. The summed E-state index contributed by atoms with van der Waals surface area (Å²) in [5.41, 5.74) is -2.33. The molecular formula is C39H53N5O9S. The van der Waals surface area contributed by atoms with Crippen LogP contribution in [0.15, 0.2) is 42.6 Å². The quantitative estimate of drug-likeness (QED) is 0.342. The predicted molar refractivity (Wildman–Crippen MR) is 201 cm³/mol. The lowest BCUT2D eigenvalue weighted by molar-refractivity contribution is -0.142. The van der Waals surface area contributed by atoms with Crippen molar-refractivity contribution in [3.63, 3.8) is 0 Å². The normalized spacial score (nSPS) is 30.0. The van der Waals surface area contributed by atoms with Gasteiger partial charge in [-0.05, 0) is 77.2 Å². The average Bonchev–Trinajstić information content (AvgIpc) is 3.60. The van der Waals surface area contributed by atoms with E-state index in [9.17, 15) is 27.6 Å². The van der Waals surface area contributed by atoms with Gasteiger partial charge < -0.3 is 29.7 Å². The van der Waals surface area contributed by atoms with Gasteiger partial charge in [-0.25, -0.2) is 18.2 Å². The largest absolute Gasteiger partial charge is 0.494 e. The molecule has 0 spiro atoms. The summed E-state index contributed by atoms with van der Waals surface area (Å²) < 4.78 is 45.9. The second-order valence-corrected chi connectivity index (χ2v) is 18.4. The molecule has 1 aromatic heterocycles. The van der Waals surface area contributed by atoms with Gasteiger partial charge in [-0.1, -0.05) is 50.6 Å². The highest BCUT2D eigenvalue weighted by molar-refractivity contribution is 7.90. The molecule has 2 aliphatic heterocycles. The van der Waals surface area contributed by atoms with Crippen molar-refractivity contribution in [2.75, 3.05) is 13.7 Å². The Morgan fingerprint density at radius 2 is 1.78 bits per heavy atom. The molecule has 3 N–H and O–H groups in total. The molecule has 3 fully saturated rings. The fraction of sp³-hybridized carbons (Fsp3) is 0.615. The number of fused-ring (bicyclic) bond motifs is 3. The first-order valence-electron chi connectivity index (χ1n) is 18.9. The fourth-order valence-electron chi connectivity index (χ4n) is 7.79. The van der Waals surface area contributed by atoms with E-state index in [1.165, 1.54) is 4.90 Å². The van der Waals surface area contributed by atoms with Gasteiger partial charge in [0.15, 0.2) is 0 Å². The second kappa shape index (κ2) is 15.4. The Hall–Kier alpha value is -4.40. The van der Waals surface area contributed by atoms with Crippen LogP contribution in [0.1, 0.15) is 86.0 Å². The van der Waals surface area contributed by atoms with Crippen LogP contribution >= 0.6 is 0 Å². The van der Waals surface area contributed by atoms with Gasteiger partial charge in [-0.15, -0.1) is 0 Å². The minimum atomic E-state index is -3.93. The third kappa shape index (κ3) is 8.45. The van der Waals surface area contributed by atoms with Gasteiger partial charge in [0.05, 0.1) is 25.1 Å². The molecule has 6 rings (SSSR count). The minimum absolute atomic E-state index is 0.0215. The highest BCUT2D eigenvalue weighted by atomic mass is 32.2. The molecule has 1 unspecified atom stereocenters. The number of hydrogen-bond acceptors (Lipinski definition) is 10. The molecule has 1 aromatic carbocycles. The number of benzene rings is 1. The van der Waals surface area contributed by atoms with E-state index < -0.39 is 74.3 Å². The van der Waals surface area contributed by atoms with E-state index in [4.69, 9.17) is 14.2 Å². The molecule has 294 valence electrons. The van der Waals surface area contributed by atoms with Crippen molar-refractivity contribution in [2.45, 2.75) is 121 Å². The molecule has 7 atom stereocenters. The summed E-state index contributed by atoms with van der Waals surface area (Å²) in [4.78, 5) is 62.2. The molecule has 4 aliphatic rings. The maximum Gasteiger partial charge on any atom is 0.408 e. The predicted octanol–water partition coefficient (Wildman–Crippen LogP) is 4.37. The van der Waals surface area contributed by atoms with Gasteiger partial charge in [0.25, 0.3) is 5.91 Å². The average molecular weight is 768 g/mol. The topological polar surface area (TPSA) is 182 Å². The molecule has 3 heterocycles. The van der Waals surface area contributed by atoms with Crippen LogP contribution in [0.4, 0.5) is 4.79 Å². The van der Waals surface area contributed by atoms with E-state index in [1.807, 2.05) is 43.3 Å². The summed E-state index contributed by atoms with van der Waals surface area (Å²) in [6.07, 6.45) is 7.94. The van der Waals surface area contributed by atoms with E-state index in [1.54, 1.807) is 34.1 Å². The molecule has 0 bridgehead atoms. The number of pyridine rings is 1. The van der Waals surface area contributed by atoms with E-state index in [0.717, 1.165) is 18.2 Å². The number of aromatic nitrogens is 1. The Kier molecular flexibility index (Phi) is 11.2. The zero-order valence-electron chi connectivity index (χ0n) is 31.9. The summed E-state index contributed by atoms with van der Waals surface area (Å²) in [6.45, 7) is 9.16. The van der Waals surface area contributed by atoms with Gasteiger partial charge in [-0.3, -0.25) is 19.1 Å². The summed E-state index contributed by atoms with van der Waals surface area (Å²) in [7, 11) is -2.38. The van der Waals surface area contributed by atoms with Crippen molar-refractivity contribution < 1.29 is 41.8 Å². The number of carbonyl (C=O) groups is 4. The lowest BCUT2D eigenvalue weighted by atomic mass is 9.88. The summed E-state index contributed by atoms with van der Waals surface area (Å²) in [6, 6.07) is 5.27. The van der Waals surface area contributed by atoms with Crippen LogP contribution < -0.4 is 24.8 Å². The first-order chi connectivity index (χ1) is 25.5. The molecule has 15 heteroatoms. The van der Waals surface area contributed by atoms with Gasteiger partial charge in [-0.2, -0.15) is 0 Å². The lowest BCUT2D eigenvalue weighted by Gasteiger charge is -2.33. The number of alkyl carbamates (subject to hydrolysis) is 1. The number of nitrogens with zero attached hydrogens (tertiary/aromatic N) is 2. The Bertz CT molecular complexity index is 1910. The van der Waals surface area contributed by atoms with Crippen LogP contribution in [0, 0.1) is 17.8 Å². The monoisotopic (exact) mass is 767 g/mol. The SMILES string of the molecule is COc1cnc(O[C@@H]2C[C@H]3C(=O)N[C@]4(C(=O)NS(=O)(=O)C5CCC5)CC4/C=C\CC[C@H](C)C[C@@H](C)[C@H](NC(=O)OC(C)(C)C)C(=O)N3C2)c2ccccc12. The number of ether oxygens (including phenoxy) is 3. The molecule has 14 nitrogen and oxygen atoms in total. The fourth-order valence-corrected chi connectivity index (χ4v) is 9.35. The number of hydrogen-bond donors (Lipinski definition) is 3. The molecule has 2 aliphatic carbocycles. The van der Waals surface area contributed by atoms with E-state index in [0.29, 0.717) is 42.7 Å². The maximum atomic E-state index is 14.7. The van der Waals surface area contributed by atoms with Crippen LogP contribution in [0.5, 0.6) is 11.6 Å².